The van der Waals surface area contributed by atoms with E-state index in [1.54, 1.807) is 6.20 Å². The Balaban J connectivity index is 1.65. The number of rotatable bonds is 5. The summed E-state index contributed by atoms with van der Waals surface area (Å²) in [5.41, 5.74) is 2.62. The van der Waals surface area contributed by atoms with Gasteiger partial charge in [-0.2, -0.15) is 0 Å². The quantitative estimate of drug-likeness (QED) is 0.740. The summed E-state index contributed by atoms with van der Waals surface area (Å²) >= 11 is 0. The molecule has 1 unspecified atom stereocenters. The number of hydrogen-bond acceptors (Lipinski definition) is 4. The summed E-state index contributed by atoms with van der Waals surface area (Å²) in [6.45, 7) is 6.37. The zero-order chi connectivity index (χ0) is 19.9. The molecule has 2 aromatic rings. The number of nitrogens with zero attached hydrogens (tertiary/aromatic N) is 2. The van der Waals surface area contributed by atoms with Crippen LogP contribution in [0.25, 0.3) is 0 Å². The molecule has 0 radical (unpaired) electrons. The van der Waals surface area contributed by atoms with Crippen molar-refractivity contribution in [2.75, 3.05) is 19.6 Å². The minimum absolute atomic E-state index is 0.00686. The topological polar surface area (TPSA) is 86.4 Å². The van der Waals surface area contributed by atoms with Crippen LogP contribution in [0.5, 0.6) is 0 Å². The maximum absolute atomic E-state index is 13.1. The number of benzene rings is 1. The second-order valence-corrected chi connectivity index (χ2v) is 7.18. The normalized spacial score (nSPS) is 16.7. The molecule has 7 nitrogen and oxygen atoms in total. The van der Waals surface area contributed by atoms with Gasteiger partial charge in [-0.15, -0.1) is 0 Å². The molecule has 1 saturated heterocycles. The van der Waals surface area contributed by atoms with Crippen molar-refractivity contribution >= 4 is 11.9 Å². The SMILES string of the molecule is CC(C)NC(=O)NCc1ccc(C(=O)N2CCNCC2c2cccnc2)cc1. The number of piperazine rings is 1. The average molecular weight is 381 g/mol. The molecule has 0 bridgehead atoms. The van der Waals surface area contributed by atoms with Crippen molar-refractivity contribution in [3.8, 4) is 0 Å². The molecule has 3 N–H and O–H groups in total. The van der Waals surface area contributed by atoms with E-state index in [0.717, 1.165) is 17.7 Å². The summed E-state index contributed by atoms with van der Waals surface area (Å²) in [6.07, 6.45) is 3.55. The lowest BCUT2D eigenvalue weighted by Gasteiger charge is -2.36. The molecule has 0 aliphatic carbocycles. The van der Waals surface area contributed by atoms with Gasteiger partial charge in [0.05, 0.1) is 6.04 Å². The first-order valence-corrected chi connectivity index (χ1v) is 9.59. The maximum Gasteiger partial charge on any atom is 0.315 e. The highest BCUT2D eigenvalue weighted by Crippen LogP contribution is 2.23. The zero-order valence-electron chi connectivity index (χ0n) is 16.3. The van der Waals surface area contributed by atoms with Gasteiger partial charge in [-0.05, 0) is 43.2 Å². The Kier molecular flexibility index (Phi) is 6.60. The van der Waals surface area contributed by atoms with Crippen LogP contribution in [0.15, 0.2) is 48.8 Å². The van der Waals surface area contributed by atoms with E-state index in [1.165, 1.54) is 0 Å². The number of aromatic nitrogens is 1. The van der Waals surface area contributed by atoms with Gasteiger partial charge in [-0.25, -0.2) is 4.79 Å². The molecular formula is C21H27N5O2. The molecule has 1 aromatic carbocycles. The fourth-order valence-electron chi connectivity index (χ4n) is 3.24. The summed E-state index contributed by atoms with van der Waals surface area (Å²) in [7, 11) is 0. The maximum atomic E-state index is 13.1. The van der Waals surface area contributed by atoms with Gasteiger partial charge < -0.3 is 20.9 Å². The molecule has 1 atom stereocenters. The second-order valence-electron chi connectivity index (χ2n) is 7.18. The highest BCUT2D eigenvalue weighted by atomic mass is 16.2. The number of amides is 3. The van der Waals surface area contributed by atoms with Crippen LogP contribution >= 0.6 is 0 Å². The van der Waals surface area contributed by atoms with Crippen LogP contribution in [-0.2, 0) is 6.54 Å². The summed E-state index contributed by atoms with van der Waals surface area (Å²) in [6, 6.07) is 11.2. The molecule has 0 saturated carbocycles. The van der Waals surface area contributed by atoms with Gasteiger partial charge >= 0.3 is 6.03 Å². The Morgan fingerprint density at radius 1 is 1.25 bits per heavy atom. The number of urea groups is 1. The molecule has 28 heavy (non-hydrogen) atoms. The lowest BCUT2D eigenvalue weighted by molar-refractivity contribution is 0.0634. The van der Waals surface area contributed by atoms with Crippen LogP contribution in [0, 0.1) is 0 Å². The molecule has 3 amide bonds. The second kappa shape index (κ2) is 9.32. The first-order chi connectivity index (χ1) is 13.5. The van der Waals surface area contributed by atoms with E-state index < -0.39 is 0 Å². The summed E-state index contributed by atoms with van der Waals surface area (Å²) < 4.78 is 0. The molecule has 1 aliphatic heterocycles. The molecule has 0 spiro atoms. The standard InChI is InChI=1S/C21H27N5O2/c1-15(2)25-21(28)24-12-16-5-7-17(8-6-16)20(27)26-11-10-23-14-19(26)18-4-3-9-22-13-18/h3-9,13,15,19,23H,10-12,14H2,1-2H3,(H2,24,25,28). The number of hydrogen-bond donors (Lipinski definition) is 3. The molecule has 1 fully saturated rings. The van der Waals surface area contributed by atoms with Crippen LogP contribution in [0.4, 0.5) is 4.79 Å². The molecule has 2 heterocycles. The molecular weight excluding hydrogens is 354 g/mol. The van der Waals surface area contributed by atoms with Crippen molar-refractivity contribution in [3.63, 3.8) is 0 Å². The van der Waals surface area contributed by atoms with Gasteiger partial charge in [0.2, 0.25) is 0 Å². The van der Waals surface area contributed by atoms with Crippen molar-refractivity contribution in [2.24, 2.45) is 0 Å². The highest BCUT2D eigenvalue weighted by molar-refractivity contribution is 5.94. The number of nitrogens with one attached hydrogen (secondary N) is 3. The summed E-state index contributed by atoms with van der Waals surface area (Å²) in [5, 5.41) is 8.95. The molecule has 7 heteroatoms. The van der Waals surface area contributed by atoms with Crippen LogP contribution in [0.3, 0.4) is 0 Å². The van der Waals surface area contributed by atoms with E-state index >= 15 is 0 Å². The number of pyridine rings is 1. The Labute approximate surface area is 165 Å². The number of carbonyl (C=O) groups excluding carboxylic acids is 2. The van der Waals surface area contributed by atoms with Gasteiger partial charge in [0.15, 0.2) is 0 Å². The lowest BCUT2D eigenvalue weighted by atomic mass is 10.0. The highest BCUT2D eigenvalue weighted by Gasteiger charge is 2.28. The van der Waals surface area contributed by atoms with Gasteiger partial charge in [-0.3, -0.25) is 9.78 Å². The number of carbonyl (C=O) groups is 2. The Bertz CT molecular complexity index is 792. The summed E-state index contributed by atoms with van der Waals surface area (Å²) in [4.78, 5) is 30.9. The van der Waals surface area contributed by atoms with Crippen molar-refractivity contribution in [3.05, 3.63) is 65.5 Å². The third kappa shape index (κ3) is 5.07. The van der Waals surface area contributed by atoms with E-state index in [2.05, 4.69) is 20.9 Å². The van der Waals surface area contributed by atoms with Crippen LogP contribution in [0.2, 0.25) is 0 Å². The van der Waals surface area contributed by atoms with E-state index in [9.17, 15) is 9.59 Å². The van der Waals surface area contributed by atoms with Crippen LogP contribution in [-0.4, -0.2) is 47.5 Å². The first-order valence-electron chi connectivity index (χ1n) is 9.59. The molecule has 1 aliphatic rings. The van der Waals surface area contributed by atoms with Gasteiger partial charge in [-0.1, -0.05) is 18.2 Å². The predicted molar refractivity (Wildman–Crippen MR) is 108 cm³/mol. The Morgan fingerprint density at radius 2 is 2.04 bits per heavy atom. The lowest BCUT2D eigenvalue weighted by Crippen LogP contribution is -2.48. The van der Waals surface area contributed by atoms with E-state index in [-0.39, 0.29) is 24.0 Å². The van der Waals surface area contributed by atoms with Crippen LogP contribution in [0.1, 0.15) is 41.4 Å². The van der Waals surface area contributed by atoms with E-state index in [0.29, 0.717) is 25.2 Å². The fourth-order valence-corrected chi connectivity index (χ4v) is 3.24. The van der Waals surface area contributed by atoms with E-state index in [4.69, 9.17) is 0 Å². The van der Waals surface area contributed by atoms with Gasteiger partial charge in [0.25, 0.3) is 5.91 Å². The molecule has 148 valence electrons. The summed E-state index contributed by atoms with van der Waals surface area (Å²) in [5.74, 6) is 0.00686. The third-order valence-corrected chi connectivity index (χ3v) is 4.65. The van der Waals surface area contributed by atoms with Crippen molar-refractivity contribution in [1.82, 2.24) is 25.8 Å². The fraction of sp³-hybridized carbons (Fsp3) is 0.381. The van der Waals surface area contributed by atoms with E-state index in [1.807, 2.05) is 61.3 Å². The average Bonchev–Trinajstić information content (AvgIpc) is 2.72. The van der Waals surface area contributed by atoms with Crippen LogP contribution < -0.4 is 16.0 Å². The monoisotopic (exact) mass is 381 g/mol. The third-order valence-electron chi connectivity index (χ3n) is 4.65. The molecule has 1 aromatic heterocycles. The Hall–Kier alpha value is -2.93. The minimum Gasteiger partial charge on any atom is -0.336 e. The first kappa shape index (κ1) is 19.8. The smallest absolute Gasteiger partial charge is 0.315 e. The zero-order valence-corrected chi connectivity index (χ0v) is 16.3. The Morgan fingerprint density at radius 3 is 2.71 bits per heavy atom. The van der Waals surface area contributed by atoms with Crippen molar-refractivity contribution in [1.29, 1.82) is 0 Å². The van der Waals surface area contributed by atoms with Crippen molar-refractivity contribution in [2.45, 2.75) is 32.5 Å². The minimum atomic E-state index is -0.199. The van der Waals surface area contributed by atoms with Crippen molar-refractivity contribution < 1.29 is 9.59 Å². The molecule has 3 rings (SSSR count). The van der Waals surface area contributed by atoms with Gasteiger partial charge in [0.1, 0.15) is 0 Å². The predicted octanol–water partition coefficient (Wildman–Crippen LogP) is 2.08. The van der Waals surface area contributed by atoms with Gasteiger partial charge in [0, 0.05) is 50.2 Å². The largest absolute Gasteiger partial charge is 0.336 e.